The van der Waals surface area contributed by atoms with Crippen LogP contribution >= 0.6 is 0 Å². The summed E-state index contributed by atoms with van der Waals surface area (Å²) in [5, 5.41) is 10.2. The quantitative estimate of drug-likeness (QED) is 0.666. The Kier molecular flexibility index (Phi) is 3.26. The second-order valence-corrected chi connectivity index (χ2v) is 5.45. The van der Waals surface area contributed by atoms with Crippen LogP contribution in [0.3, 0.4) is 0 Å². The van der Waals surface area contributed by atoms with Gasteiger partial charge in [-0.05, 0) is 13.8 Å². The summed E-state index contributed by atoms with van der Waals surface area (Å²) in [5.41, 5.74) is 0. The normalized spacial score (nSPS) is 41.3. The van der Waals surface area contributed by atoms with Gasteiger partial charge in [0, 0.05) is 13.1 Å². The van der Waals surface area contributed by atoms with E-state index in [0.29, 0.717) is 26.3 Å². The van der Waals surface area contributed by atoms with Gasteiger partial charge in [-0.15, -0.1) is 0 Å². The Morgan fingerprint density at radius 1 is 1.26 bits per heavy atom. The largest absolute Gasteiger partial charge is 0.387 e. The number of fused-ring (bicyclic) bond motifs is 1. The Morgan fingerprint density at radius 3 is 2.58 bits per heavy atom. The zero-order valence-corrected chi connectivity index (χ0v) is 11.1. The number of morpholine rings is 1. The van der Waals surface area contributed by atoms with E-state index >= 15 is 0 Å². The molecule has 3 aliphatic heterocycles. The van der Waals surface area contributed by atoms with Gasteiger partial charge in [0.05, 0.1) is 13.2 Å². The summed E-state index contributed by atoms with van der Waals surface area (Å²) in [5.74, 6) is -1.02. The van der Waals surface area contributed by atoms with E-state index in [1.165, 1.54) is 0 Å². The minimum absolute atomic E-state index is 0.227. The van der Waals surface area contributed by atoms with Crippen LogP contribution in [0.15, 0.2) is 0 Å². The van der Waals surface area contributed by atoms with Crippen LogP contribution in [0.5, 0.6) is 0 Å². The molecule has 1 N–H and O–H groups in total. The molecule has 4 atom stereocenters. The number of ether oxygens (including phenoxy) is 4. The average Bonchev–Trinajstić information content (AvgIpc) is 2.84. The fourth-order valence-corrected chi connectivity index (χ4v) is 2.66. The molecule has 1 amide bonds. The first kappa shape index (κ1) is 13.3. The molecule has 3 fully saturated rings. The third-order valence-electron chi connectivity index (χ3n) is 3.58. The van der Waals surface area contributed by atoms with Gasteiger partial charge in [-0.1, -0.05) is 0 Å². The van der Waals surface area contributed by atoms with Crippen LogP contribution in [0.25, 0.3) is 0 Å². The zero-order chi connectivity index (χ0) is 13.6. The molecule has 2 unspecified atom stereocenters. The lowest BCUT2D eigenvalue weighted by molar-refractivity contribution is -0.217. The Hall–Kier alpha value is -0.730. The summed E-state index contributed by atoms with van der Waals surface area (Å²) in [4.78, 5) is 13.9. The van der Waals surface area contributed by atoms with Crippen molar-refractivity contribution in [1.29, 1.82) is 0 Å². The number of aliphatic hydroxyl groups excluding tert-OH is 1. The standard InChI is InChI=1S/C12H19NO6/c1-12(2)18-9-7(14)8(17-11(9)19-12)10(15)13-3-5-16-6-4-13/h7-9,11,14H,3-6H2,1-2H3/t7?,8?,9-,11+/m0/s1. The van der Waals surface area contributed by atoms with Crippen LogP contribution in [0.4, 0.5) is 0 Å². The van der Waals surface area contributed by atoms with Crippen molar-refractivity contribution >= 4 is 5.91 Å². The summed E-state index contributed by atoms with van der Waals surface area (Å²) in [7, 11) is 0. The fraction of sp³-hybridized carbons (Fsp3) is 0.917. The van der Waals surface area contributed by atoms with Gasteiger partial charge in [-0.25, -0.2) is 0 Å². The monoisotopic (exact) mass is 273 g/mol. The van der Waals surface area contributed by atoms with Crippen LogP contribution < -0.4 is 0 Å². The molecule has 0 aromatic carbocycles. The first-order valence-electron chi connectivity index (χ1n) is 6.54. The summed E-state index contributed by atoms with van der Waals surface area (Å²) in [6, 6.07) is 0. The highest BCUT2D eigenvalue weighted by molar-refractivity contribution is 5.82. The molecule has 0 aliphatic carbocycles. The number of hydrogen-bond donors (Lipinski definition) is 1. The van der Waals surface area contributed by atoms with Crippen molar-refractivity contribution in [3.63, 3.8) is 0 Å². The van der Waals surface area contributed by atoms with Crippen molar-refractivity contribution in [2.45, 2.75) is 44.2 Å². The summed E-state index contributed by atoms with van der Waals surface area (Å²) >= 11 is 0. The first-order valence-corrected chi connectivity index (χ1v) is 6.54. The van der Waals surface area contributed by atoms with E-state index in [4.69, 9.17) is 18.9 Å². The molecule has 0 spiro atoms. The number of hydrogen-bond acceptors (Lipinski definition) is 6. The number of amides is 1. The topological polar surface area (TPSA) is 77.5 Å². The van der Waals surface area contributed by atoms with Crippen LogP contribution in [0, 0.1) is 0 Å². The number of carbonyl (C=O) groups is 1. The van der Waals surface area contributed by atoms with Gasteiger partial charge in [0.15, 0.2) is 18.2 Å². The lowest BCUT2D eigenvalue weighted by Gasteiger charge is -2.30. The summed E-state index contributed by atoms with van der Waals surface area (Å²) < 4.78 is 21.8. The second-order valence-electron chi connectivity index (χ2n) is 5.45. The molecule has 19 heavy (non-hydrogen) atoms. The van der Waals surface area contributed by atoms with Crippen LogP contribution in [-0.2, 0) is 23.7 Å². The van der Waals surface area contributed by atoms with E-state index in [1.54, 1.807) is 18.7 Å². The number of carbonyl (C=O) groups excluding carboxylic acids is 1. The molecule has 7 heteroatoms. The molecule has 3 rings (SSSR count). The number of rotatable bonds is 1. The minimum atomic E-state index is -0.998. The maximum atomic E-state index is 12.3. The average molecular weight is 273 g/mol. The third-order valence-corrected chi connectivity index (χ3v) is 3.58. The zero-order valence-electron chi connectivity index (χ0n) is 11.1. The van der Waals surface area contributed by atoms with Gasteiger partial charge >= 0.3 is 0 Å². The summed E-state index contributed by atoms with van der Waals surface area (Å²) in [6.45, 7) is 5.57. The Labute approximate surface area is 111 Å². The first-order chi connectivity index (χ1) is 8.98. The highest BCUT2D eigenvalue weighted by atomic mass is 16.8. The summed E-state index contributed by atoms with van der Waals surface area (Å²) in [6.07, 6.45) is -3.20. The molecule has 3 aliphatic rings. The molecule has 3 saturated heterocycles. The van der Waals surface area contributed by atoms with Crippen molar-refractivity contribution in [3.05, 3.63) is 0 Å². The maximum Gasteiger partial charge on any atom is 0.254 e. The van der Waals surface area contributed by atoms with Crippen molar-refractivity contribution in [1.82, 2.24) is 4.90 Å². The van der Waals surface area contributed by atoms with Gasteiger partial charge in [0.25, 0.3) is 5.91 Å². The molecule has 108 valence electrons. The second kappa shape index (κ2) is 4.68. The van der Waals surface area contributed by atoms with E-state index in [-0.39, 0.29) is 5.91 Å². The molecule has 0 bridgehead atoms. The van der Waals surface area contributed by atoms with Gasteiger partial charge in [0.1, 0.15) is 12.2 Å². The minimum Gasteiger partial charge on any atom is -0.387 e. The van der Waals surface area contributed by atoms with Gasteiger partial charge in [-0.3, -0.25) is 4.79 Å². The molecule has 0 aromatic heterocycles. The predicted molar refractivity (Wildman–Crippen MR) is 62.1 cm³/mol. The molecule has 7 nitrogen and oxygen atoms in total. The van der Waals surface area contributed by atoms with Crippen LogP contribution in [0.2, 0.25) is 0 Å². The molecular formula is C12H19NO6. The Bertz CT molecular complexity index is 367. The lowest BCUT2D eigenvalue weighted by Crippen LogP contribution is -2.50. The SMILES string of the molecule is CC1(C)O[C@H]2OC(C(=O)N3CCOCC3)C(O)[C@@H]2O1. The van der Waals surface area contributed by atoms with Crippen LogP contribution in [-0.4, -0.2) is 72.6 Å². The van der Waals surface area contributed by atoms with E-state index in [0.717, 1.165) is 0 Å². The third kappa shape index (κ3) is 2.36. The van der Waals surface area contributed by atoms with E-state index in [1.807, 2.05) is 0 Å². The van der Waals surface area contributed by atoms with E-state index in [2.05, 4.69) is 0 Å². The molecule has 3 heterocycles. The van der Waals surface area contributed by atoms with Gasteiger partial charge < -0.3 is 29.0 Å². The molecule has 0 radical (unpaired) electrons. The molecule has 0 aromatic rings. The smallest absolute Gasteiger partial charge is 0.254 e. The van der Waals surface area contributed by atoms with Crippen LogP contribution in [0.1, 0.15) is 13.8 Å². The van der Waals surface area contributed by atoms with E-state index in [9.17, 15) is 9.90 Å². The fourth-order valence-electron chi connectivity index (χ4n) is 2.66. The van der Waals surface area contributed by atoms with Gasteiger partial charge in [0.2, 0.25) is 0 Å². The van der Waals surface area contributed by atoms with Crippen molar-refractivity contribution < 1.29 is 28.8 Å². The van der Waals surface area contributed by atoms with E-state index < -0.39 is 30.4 Å². The van der Waals surface area contributed by atoms with Crippen molar-refractivity contribution in [3.8, 4) is 0 Å². The Morgan fingerprint density at radius 2 is 1.95 bits per heavy atom. The van der Waals surface area contributed by atoms with Crippen molar-refractivity contribution in [2.24, 2.45) is 0 Å². The molecule has 0 saturated carbocycles. The lowest BCUT2D eigenvalue weighted by atomic mass is 10.1. The number of nitrogens with zero attached hydrogens (tertiary/aromatic N) is 1. The van der Waals surface area contributed by atoms with Crippen molar-refractivity contribution in [2.75, 3.05) is 26.3 Å². The maximum absolute atomic E-state index is 12.3. The Balaban J connectivity index is 1.66. The molecular weight excluding hydrogens is 254 g/mol. The highest BCUT2D eigenvalue weighted by Crippen LogP contribution is 2.37. The number of aliphatic hydroxyl groups is 1. The predicted octanol–water partition coefficient (Wildman–Crippen LogP) is -0.917. The highest BCUT2D eigenvalue weighted by Gasteiger charge is 2.56. The van der Waals surface area contributed by atoms with Gasteiger partial charge in [-0.2, -0.15) is 0 Å².